The Labute approximate surface area is 181 Å². The maximum Gasteiger partial charge on any atom is 0.254 e. The van der Waals surface area contributed by atoms with Crippen molar-refractivity contribution in [1.82, 2.24) is 14.9 Å². The molecule has 0 saturated carbocycles. The van der Waals surface area contributed by atoms with Crippen LogP contribution in [0.15, 0.2) is 54.7 Å². The van der Waals surface area contributed by atoms with E-state index in [1.807, 2.05) is 59.6 Å². The summed E-state index contributed by atoms with van der Waals surface area (Å²) < 4.78 is 10.7. The molecule has 0 aliphatic carbocycles. The van der Waals surface area contributed by atoms with E-state index in [9.17, 15) is 4.79 Å². The molecule has 0 spiro atoms. The van der Waals surface area contributed by atoms with E-state index >= 15 is 0 Å². The van der Waals surface area contributed by atoms with Crippen molar-refractivity contribution in [2.75, 3.05) is 38.3 Å². The van der Waals surface area contributed by atoms with Gasteiger partial charge < -0.3 is 19.3 Å². The van der Waals surface area contributed by atoms with E-state index in [2.05, 4.69) is 9.88 Å². The first-order chi connectivity index (χ1) is 15.2. The summed E-state index contributed by atoms with van der Waals surface area (Å²) in [6.45, 7) is 4.01. The molecule has 0 atom stereocenters. The third-order valence-corrected chi connectivity index (χ3v) is 5.76. The van der Waals surface area contributed by atoms with Crippen molar-refractivity contribution in [3.05, 3.63) is 71.5 Å². The number of ether oxygens (including phenoxy) is 2. The van der Waals surface area contributed by atoms with Crippen molar-refractivity contribution < 1.29 is 14.3 Å². The highest BCUT2D eigenvalue weighted by Gasteiger charge is 2.27. The Morgan fingerprint density at radius 1 is 1.03 bits per heavy atom. The van der Waals surface area contributed by atoms with Crippen LogP contribution >= 0.6 is 0 Å². The predicted molar refractivity (Wildman–Crippen MR) is 117 cm³/mol. The van der Waals surface area contributed by atoms with Crippen LogP contribution in [-0.2, 0) is 17.8 Å². The highest BCUT2D eigenvalue weighted by atomic mass is 16.5. The second-order valence-electron chi connectivity index (χ2n) is 7.71. The van der Waals surface area contributed by atoms with E-state index < -0.39 is 0 Å². The van der Waals surface area contributed by atoms with Crippen LogP contribution in [0.4, 0.5) is 5.95 Å². The van der Waals surface area contributed by atoms with Crippen molar-refractivity contribution in [1.29, 1.82) is 0 Å². The Bertz CT molecular complexity index is 1090. The molecule has 7 nitrogen and oxygen atoms in total. The van der Waals surface area contributed by atoms with Crippen LogP contribution in [0.3, 0.4) is 0 Å². The standard InChI is InChI=1S/C24H24N4O3/c1-30-21-4-2-3-19(13-21)17-5-7-18(8-6-17)23(29)28-15-20-14-25-24(26-22(20)16-28)27-9-11-31-12-10-27/h2-8,13-14H,9-12,15-16H2,1H3. The minimum Gasteiger partial charge on any atom is -0.497 e. The molecular weight excluding hydrogens is 392 g/mol. The molecule has 1 aromatic heterocycles. The van der Waals surface area contributed by atoms with Gasteiger partial charge in [-0.05, 0) is 35.4 Å². The smallest absolute Gasteiger partial charge is 0.254 e. The molecule has 2 aliphatic heterocycles. The minimum absolute atomic E-state index is 0.00288. The van der Waals surface area contributed by atoms with Crippen LogP contribution in [0.5, 0.6) is 5.75 Å². The molecule has 2 aliphatic rings. The van der Waals surface area contributed by atoms with Crippen LogP contribution in [0.25, 0.3) is 11.1 Å². The lowest BCUT2D eigenvalue weighted by Gasteiger charge is -2.26. The number of anilines is 1. The summed E-state index contributed by atoms with van der Waals surface area (Å²) in [5, 5.41) is 0. The van der Waals surface area contributed by atoms with Crippen LogP contribution < -0.4 is 9.64 Å². The summed E-state index contributed by atoms with van der Waals surface area (Å²) in [5.41, 5.74) is 4.70. The Kier molecular flexibility index (Phi) is 5.26. The fourth-order valence-electron chi connectivity index (χ4n) is 3.99. The van der Waals surface area contributed by atoms with Gasteiger partial charge in [-0.2, -0.15) is 0 Å². The molecule has 5 rings (SSSR count). The Balaban J connectivity index is 1.29. The van der Waals surface area contributed by atoms with Crippen LogP contribution in [0.2, 0.25) is 0 Å². The fraction of sp³-hybridized carbons (Fsp3) is 0.292. The first-order valence-electron chi connectivity index (χ1n) is 10.4. The number of aromatic nitrogens is 2. The third kappa shape index (κ3) is 3.96. The summed E-state index contributed by atoms with van der Waals surface area (Å²) in [6, 6.07) is 15.6. The number of rotatable bonds is 4. The van der Waals surface area contributed by atoms with Gasteiger partial charge in [-0.3, -0.25) is 4.79 Å². The monoisotopic (exact) mass is 416 g/mol. The Morgan fingerprint density at radius 2 is 1.84 bits per heavy atom. The first kappa shape index (κ1) is 19.5. The Hall–Kier alpha value is -3.45. The average Bonchev–Trinajstić information content (AvgIpc) is 3.28. The summed E-state index contributed by atoms with van der Waals surface area (Å²) in [7, 11) is 1.66. The molecule has 0 unspecified atom stereocenters. The minimum atomic E-state index is 0.00288. The van der Waals surface area contributed by atoms with E-state index in [1.54, 1.807) is 7.11 Å². The number of nitrogens with zero attached hydrogens (tertiary/aromatic N) is 4. The quantitative estimate of drug-likeness (QED) is 0.651. The van der Waals surface area contributed by atoms with Crippen molar-refractivity contribution >= 4 is 11.9 Å². The lowest BCUT2D eigenvalue weighted by molar-refractivity contribution is 0.0750. The molecule has 3 heterocycles. The van der Waals surface area contributed by atoms with Crippen molar-refractivity contribution in [2.24, 2.45) is 0 Å². The SMILES string of the molecule is COc1cccc(-c2ccc(C(=O)N3Cc4cnc(N5CCOCC5)nc4C3)cc2)c1. The van der Waals surface area contributed by atoms with Crippen molar-refractivity contribution in [2.45, 2.75) is 13.1 Å². The lowest BCUT2D eigenvalue weighted by atomic mass is 10.0. The van der Waals surface area contributed by atoms with Gasteiger partial charge in [-0.15, -0.1) is 0 Å². The van der Waals surface area contributed by atoms with E-state index in [0.717, 1.165) is 47.2 Å². The van der Waals surface area contributed by atoms with Gasteiger partial charge in [0.15, 0.2) is 0 Å². The predicted octanol–water partition coefficient (Wildman–Crippen LogP) is 3.14. The maximum atomic E-state index is 13.1. The number of carbonyl (C=O) groups excluding carboxylic acids is 1. The summed E-state index contributed by atoms with van der Waals surface area (Å²) in [5.74, 6) is 1.53. The third-order valence-electron chi connectivity index (χ3n) is 5.76. The van der Waals surface area contributed by atoms with Gasteiger partial charge in [0.05, 0.1) is 32.6 Å². The number of morpholine rings is 1. The number of carbonyl (C=O) groups is 1. The summed E-state index contributed by atoms with van der Waals surface area (Å²) in [6.07, 6.45) is 1.85. The molecule has 0 radical (unpaired) electrons. The van der Waals surface area contributed by atoms with Gasteiger partial charge >= 0.3 is 0 Å². The molecule has 7 heteroatoms. The molecule has 3 aromatic rings. The summed E-state index contributed by atoms with van der Waals surface area (Å²) in [4.78, 5) is 26.3. The molecular formula is C24H24N4O3. The molecule has 0 bridgehead atoms. The topological polar surface area (TPSA) is 67.8 Å². The molecule has 31 heavy (non-hydrogen) atoms. The second kappa shape index (κ2) is 8.35. The van der Waals surface area contributed by atoms with Crippen molar-refractivity contribution in [3.63, 3.8) is 0 Å². The second-order valence-corrected chi connectivity index (χ2v) is 7.71. The molecule has 0 N–H and O–H groups in total. The normalized spacial score (nSPS) is 15.6. The number of amides is 1. The highest BCUT2D eigenvalue weighted by Crippen LogP contribution is 2.27. The number of hydrogen-bond donors (Lipinski definition) is 0. The van der Waals surface area contributed by atoms with Gasteiger partial charge in [0.1, 0.15) is 5.75 Å². The molecule has 158 valence electrons. The lowest BCUT2D eigenvalue weighted by Crippen LogP contribution is -2.37. The fourth-order valence-corrected chi connectivity index (χ4v) is 3.99. The number of hydrogen-bond acceptors (Lipinski definition) is 6. The zero-order valence-corrected chi connectivity index (χ0v) is 17.5. The Morgan fingerprint density at radius 3 is 2.61 bits per heavy atom. The molecule has 1 saturated heterocycles. The molecule has 1 fully saturated rings. The van der Waals surface area contributed by atoms with Gasteiger partial charge in [0.2, 0.25) is 5.95 Å². The van der Waals surface area contributed by atoms with Gasteiger partial charge in [-0.1, -0.05) is 24.3 Å². The zero-order chi connectivity index (χ0) is 21.2. The molecule has 1 amide bonds. The largest absolute Gasteiger partial charge is 0.497 e. The zero-order valence-electron chi connectivity index (χ0n) is 17.5. The summed E-state index contributed by atoms with van der Waals surface area (Å²) >= 11 is 0. The van der Waals surface area contributed by atoms with Gasteiger partial charge in [0, 0.05) is 37.0 Å². The van der Waals surface area contributed by atoms with Crippen LogP contribution in [-0.4, -0.2) is 54.2 Å². The van der Waals surface area contributed by atoms with Gasteiger partial charge in [0.25, 0.3) is 5.91 Å². The van der Waals surface area contributed by atoms with Crippen LogP contribution in [0.1, 0.15) is 21.6 Å². The van der Waals surface area contributed by atoms with Gasteiger partial charge in [-0.25, -0.2) is 9.97 Å². The first-order valence-corrected chi connectivity index (χ1v) is 10.4. The number of fused-ring (bicyclic) bond motifs is 1. The van der Waals surface area contributed by atoms with Crippen molar-refractivity contribution in [3.8, 4) is 16.9 Å². The number of benzene rings is 2. The number of methoxy groups -OCH3 is 1. The van der Waals surface area contributed by atoms with E-state index in [4.69, 9.17) is 14.5 Å². The average molecular weight is 416 g/mol. The van der Waals surface area contributed by atoms with Crippen LogP contribution in [0, 0.1) is 0 Å². The van der Waals surface area contributed by atoms with E-state index in [-0.39, 0.29) is 5.91 Å². The maximum absolute atomic E-state index is 13.1. The molecule has 2 aromatic carbocycles. The van der Waals surface area contributed by atoms with E-state index in [1.165, 1.54) is 0 Å². The van der Waals surface area contributed by atoms with E-state index in [0.29, 0.717) is 31.9 Å². The highest BCUT2D eigenvalue weighted by molar-refractivity contribution is 5.95.